The number of aryl methyl sites for hydroxylation is 1. The van der Waals surface area contributed by atoms with Crippen molar-refractivity contribution in [3.8, 4) is 0 Å². The van der Waals surface area contributed by atoms with Crippen LogP contribution in [0.25, 0.3) is 0 Å². The van der Waals surface area contributed by atoms with Crippen LogP contribution in [0.5, 0.6) is 0 Å². The molecule has 0 aliphatic carbocycles. The van der Waals surface area contributed by atoms with Crippen molar-refractivity contribution < 1.29 is 123 Å². The molecule has 1 rings (SSSR count). The number of anilines is 1. The summed E-state index contributed by atoms with van der Waals surface area (Å²) < 4.78 is 144. The molecule has 27 heteroatoms. The van der Waals surface area contributed by atoms with E-state index in [1.807, 2.05) is 96.9 Å². The third-order valence-electron chi connectivity index (χ3n) is 18.1. The van der Waals surface area contributed by atoms with Gasteiger partial charge in [0.25, 0.3) is 0 Å². The van der Waals surface area contributed by atoms with E-state index in [1.165, 1.54) is 44.3 Å². The first-order chi connectivity index (χ1) is 54.2. The van der Waals surface area contributed by atoms with Gasteiger partial charge in [-0.3, -0.25) is 0 Å². The lowest BCUT2D eigenvalue weighted by molar-refractivity contribution is -0.890. The van der Waals surface area contributed by atoms with Gasteiger partial charge in [0.05, 0.1) is 338 Å². The van der Waals surface area contributed by atoms with Crippen LogP contribution in [0, 0.1) is 6.92 Å². The Balaban J connectivity index is 2.11. The molecule has 0 N–H and O–H groups in total. The molecule has 0 saturated carbocycles. The average Bonchev–Trinajstić information content (AvgIpc) is 0.874. The number of nitrogens with zero attached hydrogens (tertiary/aromatic N) is 3. The van der Waals surface area contributed by atoms with E-state index < -0.39 is 0 Å². The van der Waals surface area contributed by atoms with Crippen molar-refractivity contribution in [1.29, 1.82) is 0 Å². The third kappa shape index (κ3) is 70.4. The minimum Gasteiger partial charge on any atom is -0.379 e. The van der Waals surface area contributed by atoms with Gasteiger partial charge in [-0.1, -0.05) is 38.8 Å². The summed E-state index contributed by atoms with van der Waals surface area (Å²) in [7, 11) is 9.02. The number of ether oxygens (including phenoxy) is 24. The van der Waals surface area contributed by atoms with E-state index in [4.69, 9.17) is 114 Å². The summed E-state index contributed by atoms with van der Waals surface area (Å²) in [4.78, 5) is 2.29. The first-order valence-corrected chi connectivity index (χ1v) is 43.1. The summed E-state index contributed by atoms with van der Waals surface area (Å²) in [5.41, 5.74) is 2.32. The Morgan fingerprint density at radius 1 is 0.248 bits per heavy atom. The lowest BCUT2D eigenvalue weighted by Crippen LogP contribution is -2.43. The highest BCUT2D eigenvalue weighted by Gasteiger charge is 2.20. The molecular formula is C86H171N3O24+2. The van der Waals surface area contributed by atoms with Crippen LogP contribution in [0.1, 0.15) is 148 Å². The summed E-state index contributed by atoms with van der Waals surface area (Å²) in [5.74, 6) is 0. The van der Waals surface area contributed by atoms with Gasteiger partial charge in [-0.05, 0) is 141 Å². The van der Waals surface area contributed by atoms with Crippen LogP contribution >= 0.6 is 0 Å². The SMILES string of the molecule is CCCC[N+](C)(C)CCOCCOCCOCCOCCCOC(C)COC(C)COC(C)COC(C)COC(C)COC(C)COC(C)COCCN(CCOCC(C)OCC(C)OCC(C)OCC(C)OCC(C)OCC(C)OCC(C)OCCOCCOCCOCCOCC[N+](C)(C)CCCC)c1cccc(C)c1. The second kappa shape index (κ2) is 72.8. The quantitative estimate of drug-likeness (QED) is 0.0436. The van der Waals surface area contributed by atoms with Crippen LogP contribution in [0.4, 0.5) is 5.69 Å². The lowest BCUT2D eigenvalue weighted by Gasteiger charge is -2.29. The second-order valence-corrected chi connectivity index (χ2v) is 31.8. The van der Waals surface area contributed by atoms with Gasteiger partial charge in [0.15, 0.2) is 0 Å². The molecular weight excluding hydrogens is 1460 g/mol. The fourth-order valence-electron chi connectivity index (χ4n) is 10.6. The molecule has 0 aliphatic heterocycles. The average molecular weight is 1630 g/mol. The lowest BCUT2D eigenvalue weighted by atomic mass is 10.2. The summed E-state index contributed by atoms with van der Waals surface area (Å²) in [6.07, 6.45) is 4.32. The molecule has 113 heavy (non-hydrogen) atoms. The van der Waals surface area contributed by atoms with Crippen molar-refractivity contribution in [2.45, 2.75) is 235 Å². The maximum atomic E-state index is 6.14. The number of likely N-dealkylation sites (N-methyl/N-ethyl adjacent to an activating group) is 2. The Morgan fingerprint density at radius 3 is 0.761 bits per heavy atom. The van der Waals surface area contributed by atoms with E-state index in [0.717, 1.165) is 47.4 Å². The fourth-order valence-corrected chi connectivity index (χ4v) is 10.6. The highest BCUT2D eigenvalue weighted by atomic mass is 16.6. The van der Waals surface area contributed by atoms with Gasteiger partial charge in [-0.2, -0.15) is 0 Å². The van der Waals surface area contributed by atoms with Gasteiger partial charge < -0.3 is 128 Å². The molecule has 0 aliphatic rings. The number of unbranched alkanes of at least 4 members (excludes halogenated alkanes) is 2. The van der Waals surface area contributed by atoms with Crippen molar-refractivity contribution >= 4 is 5.69 Å². The van der Waals surface area contributed by atoms with Crippen LogP contribution in [0.3, 0.4) is 0 Å². The Labute approximate surface area is 687 Å². The van der Waals surface area contributed by atoms with Gasteiger partial charge in [-0.25, -0.2) is 0 Å². The Bertz CT molecular complexity index is 2210. The Hall–Kier alpha value is -2.02. The summed E-state index contributed by atoms with van der Waals surface area (Å²) in [5, 5.41) is 0. The second-order valence-electron chi connectivity index (χ2n) is 31.8. The van der Waals surface area contributed by atoms with Gasteiger partial charge in [-0.15, -0.1) is 0 Å². The van der Waals surface area contributed by atoms with Crippen LogP contribution in [0.15, 0.2) is 24.3 Å². The maximum absolute atomic E-state index is 6.14. The van der Waals surface area contributed by atoms with Crippen molar-refractivity contribution in [2.24, 2.45) is 0 Å². The number of hydrogen-bond acceptors (Lipinski definition) is 25. The fraction of sp³-hybridized carbons (Fsp3) is 0.930. The Kier molecular flexibility index (Phi) is 70.2. The van der Waals surface area contributed by atoms with E-state index >= 15 is 0 Å². The van der Waals surface area contributed by atoms with Crippen molar-refractivity contribution in [3.63, 3.8) is 0 Å². The zero-order valence-electron chi connectivity index (χ0n) is 75.4. The van der Waals surface area contributed by atoms with Crippen molar-refractivity contribution in [2.75, 3.05) is 297 Å². The minimum absolute atomic E-state index is 0.0391. The highest BCUT2D eigenvalue weighted by molar-refractivity contribution is 5.48. The molecule has 1 aromatic carbocycles. The predicted molar refractivity (Wildman–Crippen MR) is 445 cm³/mol. The van der Waals surface area contributed by atoms with E-state index in [2.05, 4.69) is 78.1 Å². The van der Waals surface area contributed by atoms with E-state index in [-0.39, 0.29) is 85.5 Å². The summed E-state index contributed by atoms with van der Waals surface area (Å²) in [6.45, 7) is 58.0. The minimum atomic E-state index is -0.118. The monoisotopic (exact) mass is 1630 g/mol. The normalized spacial score (nSPS) is 16.2. The molecule has 27 nitrogen and oxygen atoms in total. The largest absolute Gasteiger partial charge is 0.379 e. The topological polar surface area (TPSA) is 225 Å². The zero-order chi connectivity index (χ0) is 83.4. The van der Waals surface area contributed by atoms with Crippen LogP contribution < -0.4 is 4.90 Å². The van der Waals surface area contributed by atoms with E-state index in [0.29, 0.717) is 225 Å². The van der Waals surface area contributed by atoms with Crippen molar-refractivity contribution in [1.82, 2.24) is 0 Å². The maximum Gasteiger partial charge on any atom is 0.102 e. The van der Waals surface area contributed by atoms with Gasteiger partial charge in [0, 0.05) is 32.0 Å². The predicted octanol–water partition coefficient (Wildman–Crippen LogP) is 10.8. The van der Waals surface area contributed by atoms with Gasteiger partial charge in [0.2, 0.25) is 0 Å². The summed E-state index contributed by atoms with van der Waals surface area (Å²) >= 11 is 0. The highest BCUT2D eigenvalue weighted by Crippen LogP contribution is 2.17. The molecule has 0 bridgehead atoms. The summed E-state index contributed by atoms with van der Waals surface area (Å²) in [6, 6.07) is 8.50. The molecule has 0 fully saturated rings. The zero-order valence-corrected chi connectivity index (χ0v) is 75.4. The molecule has 0 heterocycles. The molecule has 0 aromatic heterocycles. The van der Waals surface area contributed by atoms with E-state index in [9.17, 15) is 0 Å². The smallest absolute Gasteiger partial charge is 0.102 e. The van der Waals surface area contributed by atoms with Crippen LogP contribution in [-0.2, 0) is 114 Å². The first-order valence-electron chi connectivity index (χ1n) is 43.1. The first kappa shape index (κ1) is 109. The molecule has 672 valence electrons. The van der Waals surface area contributed by atoms with Gasteiger partial charge in [0.1, 0.15) is 13.1 Å². The van der Waals surface area contributed by atoms with Crippen molar-refractivity contribution in [3.05, 3.63) is 29.8 Å². The molecule has 0 radical (unpaired) electrons. The van der Waals surface area contributed by atoms with E-state index in [1.54, 1.807) is 0 Å². The number of rotatable bonds is 86. The van der Waals surface area contributed by atoms with Crippen LogP contribution in [-0.4, -0.2) is 387 Å². The molecule has 0 spiro atoms. The number of quaternary nitrogens is 2. The van der Waals surface area contributed by atoms with Crippen LogP contribution in [0.2, 0.25) is 0 Å². The molecule has 14 unspecified atom stereocenters. The number of hydrogen-bond donors (Lipinski definition) is 0. The van der Waals surface area contributed by atoms with Gasteiger partial charge >= 0.3 is 0 Å². The number of benzene rings is 1. The molecule has 1 aromatic rings. The molecule has 14 atom stereocenters. The molecule has 0 amide bonds. The molecule has 0 saturated heterocycles. The third-order valence-corrected chi connectivity index (χ3v) is 18.1. The Morgan fingerprint density at radius 2 is 0.487 bits per heavy atom. The standard InChI is InChI=1S/C86H171N3O24/c1-22-24-32-88(18,19)34-40-91-43-46-94-49-48-93-45-42-90-36-27-37-100-74(6)59-104-78(10)63-108-82(14)67-112-84(16)69-110-80(12)65-106-76(8)61-102-72(4)57-98-38-30-87(86-29-26-28-71(3)56-86)31-39-99-58-73(5)103-62-77(9)107-66-81(13)111-70-85(17)113-68-83(15)109-64-79(11)105-60-75(7)101-55-54-97-53-52-96-51-50-95-47-44-92-41-35-89(20,21)33-25-23-2/h26,28-29,56,72-85H,22-25,27,30-55,57-70H2,1-21H3/q+2.